The van der Waals surface area contributed by atoms with Crippen molar-refractivity contribution in [2.45, 2.75) is 19.9 Å². The summed E-state index contributed by atoms with van der Waals surface area (Å²) in [7, 11) is 0. The third-order valence-corrected chi connectivity index (χ3v) is 2.73. The first-order valence-electron chi connectivity index (χ1n) is 5.55. The van der Waals surface area contributed by atoms with E-state index in [0.717, 1.165) is 5.56 Å². The van der Waals surface area contributed by atoms with E-state index in [1.807, 2.05) is 31.2 Å². The van der Waals surface area contributed by atoms with Gasteiger partial charge in [-0.1, -0.05) is 23.7 Å². The minimum Gasteiger partial charge on any atom is -0.368 e. The maximum absolute atomic E-state index is 5.85. The molecule has 94 valence electrons. The first-order chi connectivity index (χ1) is 8.54. The van der Waals surface area contributed by atoms with Crippen LogP contribution < -0.4 is 11.1 Å². The zero-order valence-electron chi connectivity index (χ0n) is 10.2. The van der Waals surface area contributed by atoms with Crippen LogP contribution in [0.4, 0.5) is 11.9 Å². The van der Waals surface area contributed by atoms with Crippen LogP contribution in [0.2, 0.25) is 5.02 Å². The van der Waals surface area contributed by atoms with Crippen molar-refractivity contribution in [2.24, 2.45) is 0 Å². The fraction of sp³-hybridized carbons (Fsp3) is 0.250. The molecule has 18 heavy (non-hydrogen) atoms. The SMILES string of the molecule is Cc1nc(N)nc(NC(C)c2ccc(Cl)cc2)n1. The summed E-state index contributed by atoms with van der Waals surface area (Å²) in [6.45, 7) is 3.79. The molecule has 0 bridgehead atoms. The summed E-state index contributed by atoms with van der Waals surface area (Å²) in [5, 5.41) is 3.89. The van der Waals surface area contributed by atoms with Gasteiger partial charge in [0.05, 0.1) is 6.04 Å². The van der Waals surface area contributed by atoms with Crippen LogP contribution in [-0.2, 0) is 0 Å². The molecule has 6 heteroatoms. The number of nitrogens with two attached hydrogens (primary N) is 1. The van der Waals surface area contributed by atoms with Crippen LogP contribution in [0.3, 0.4) is 0 Å². The van der Waals surface area contributed by atoms with E-state index in [9.17, 15) is 0 Å². The number of nitrogen functional groups attached to an aromatic ring is 1. The molecule has 0 saturated carbocycles. The number of hydrogen-bond donors (Lipinski definition) is 2. The minimum absolute atomic E-state index is 0.0588. The smallest absolute Gasteiger partial charge is 0.228 e. The summed E-state index contributed by atoms with van der Waals surface area (Å²) in [6, 6.07) is 7.67. The molecule has 0 amide bonds. The second-order valence-electron chi connectivity index (χ2n) is 3.98. The Morgan fingerprint density at radius 3 is 2.44 bits per heavy atom. The molecule has 1 aromatic carbocycles. The second kappa shape index (κ2) is 5.18. The predicted molar refractivity (Wildman–Crippen MR) is 72.5 cm³/mol. The van der Waals surface area contributed by atoms with E-state index in [-0.39, 0.29) is 12.0 Å². The van der Waals surface area contributed by atoms with E-state index in [0.29, 0.717) is 16.8 Å². The van der Waals surface area contributed by atoms with Crippen molar-refractivity contribution in [2.75, 3.05) is 11.1 Å². The molecule has 0 aliphatic rings. The summed E-state index contributed by atoms with van der Waals surface area (Å²) in [5.41, 5.74) is 6.67. The van der Waals surface area contributed by atoms with E-state index in [4.69, 9.17) is 17.3 Å². The monoisotopic (exact) mass is 263 g/mol. The average molecular weight is 264 g/mol. The molecule has 0 aliphatic heterocycles. The fourth-order valence-electron chi connectivity index (χ4n) is 1.60. The highest BCUT2D eigenvalue weighted by atomic mass is 35.5. The molecule has 0 fully saturated rings. The van der Waals surface area contributed by atoms with Gasteiger partial charge in [-0.25, -0.2) is 0 Å². The summed E-state index contributed by atoms with van der Waals surface area (Å²) in [5.74, 6) is 1.28. The van der Waals surface area contributed by atoms with Crippen molar-refractivity contribution < 1.29 is 0 Å². The van der Waals surface area contributed by atoms with Crippen molar-refractivity contribution >= 4 is 23.5 Å². The lowest BCUT2D eigenvalue weighted by atomic mass is 10.1. The number of rotatable bonds is 3. The fourth-order valence-corrected chi connectivity index (χ4v) is 1.72. The number of nitrogens with zero attached hydrogens (tertiary/aromatic N) is 3. The summed E-state index contributed by atoms with van der Waals surface area (Å²) in [6.07, 6.45) is 0. The van der Waals surface area contributed by atoms with Crippen molar-refractivity contribution in [3.8, 4) is 0 Å². The second-order valence-corrected chi connectivity index (χ2v) is 4.42. The van der Waals surface area contributed by atoms with Gasteiger partial charge in [0.2, 0.25) is 11.9 Å². The van der Waals surface area contributed by atoms with Crippen LogP contribution in [0, 0.1) is 6.92 Å². The number of halogens is 1. The van der Waals surface area contributed by atoms with Gasteiger partial charge in [-0.05, 0) is 31.5 Å². The number of hydrogen-bond acceptors (Lipinski definition) is 5. The third-order valence-electron chi connectivity index (χ3n) is 2.48. The van der Waals surface area contributed by atoms with E-state index < -0.39 is 0 Å². The first kappa shape index (κ1) is 12.6. The predicted octanol–water partition coefficient (Wildman–Crippen LogP) is 2.59. The molecule has 0 aliphatic carbocycles. The Morgan fingerprint density at radius 2 is 1.83 bits per heavy atom. The maximum atomic E-state index is 5.85. The van der Waals surface area contributed by atoms with Crippen LogP contribution in [0.1, 0.15) is 24.4 Å². The molecule has 0 radical (unpaired) electrons. The zero-order chi connectivity index (χ0) is 13.1. The first-order valence-corrected chi connectivity index (χ1v) is 5.92. The van der Waals surface area contributed by atoms with Gasteiger partial charge in [0, 0.05) is 5.02 Å². The highest BCUT2D eigenvalue weighted by molar-refractivity contribution is 6.30. The molecule has 1 atom stereocenters. The van der Waals surface area contributed by atoms with E-state index in [1.165, 1.54) is 0 Å². The molecular formula is C12H14ClN5. The number of aryl methyl sites for hydroxylation is 1. The van der Waals surface area contributed by atoms with Gasteiger partial charge in [0.25, 0.3) is 0 Å². The van der Waals surface area contributed by atoms with Crippen molar-refractivity contribution in [3.05, 3.63) is 40.7 Å². The zero-order valence-corrected chi connectivity index (χ0v) is 10.9. The molecule has 1 unspecified atom stereocenters. The van der Waals surface area contributed by atoms with Gasteiger partial charge in [0.1, 0.15) is 5.82 Å². The molecule has 5 nitrogen and oxygen atoms in total. The quantitative estimate of drug-likeness (QED) is 0.890. The maximum Gasteiger partial charge on any atom is 0.228 e. The molecule has 1 heterocycles. The normalized spacial score (nSPS) is 12.2. The highest BCUT2D eigenvalue weighted by Crippen LogP contribution is 2.19. The minimum atomic E-state index is 0.0588. The van der Waals surface area contributed by atoms with Crippen molar-refractivity contribution in [3.63, 3.8) is 0 Å². The Morgan fingerprint density at radius 1 is 1.17 bits per heavy atom. The Bertz CT molecular complexity index is 520. The average Bonchev–Trinajstić information content (AvgIpc) is 2.28. The number of benzene rings is 1. The molecular weight excluding hydrogens is 250 g/mol. The standard InChI is InChI=1S/C12H14ClN5/c1-7(9-3-5-10(13)6-4-9)15-12-17-8(2)16-11(14)18-12/h3-7H,1-2H3,(H3,14,15,16,17,18). The number of nitrogens with one attached hydrogen (secondary N) is 1. The molecule has 0 saturated heterocycles. The van der Waals surface area contributed by atoms with Crippen LogP contribution in [0.5, 0.6) is 0 Å². The third kappa shape index (κ3) is 3.07. The van der Waals surface area contributed by atoms with Crippen LogP contribution in [0.15, 0.2) is 24.3 Å². The number of aromatic nitrogens is 3. The number of anilines is 2. The van der Waals surface area contributed by atoms with Crippen molar-refractivity contribution in [1.29, 1.82) is 0 Å². The van der Waals surface area contributed by atoms with Gasteiger partial charge >= 0.3 is 0 Å². The summed E-state index contributed by atoms with van der Waals surface area (Å²) >= 11 is 5.85. The Balaban J connectivity index is 2.15. The van der Waals surface area contributed by atoms with Crippen molar-refractivity contribution in [1.82, 2.24) is 15.0 Å². The van der Waals surface area contributed by atoms with Crippen LogP contribution >= 0.6 is 11.6 Å². The van der Waals surface area contributed by atoms with Crippen LogP contribution in [0.25, 0.3) is 0 Å². The van der Waals surface area contributed by atoms with Gasteiger partial charge in [-0.3, -0.25) is 0 Å². The molecule has 2 aromatic rings. The van der Waals surface area contributed by atoms with Gasteiger partial charge < -0.3 is 11.1 Å². The van der Waals surface area contributed by atoms with Gasteiger partial charge in [-0.15, -0.1) is 0 Å². The molecule has 0 spiro atoms. The van der Waals surface area contributed by atoms with E-state index in [1.54, 1.807) is 6.92 Å². The Hall–Kier alpha value is -1.88. The van der Waals surface area contributed by atoms with Crippen LogP contribution in [-0.4, -0.2) is 15.0 Å². The van der Waals surface area contributed by atoms with Gasteiger partial charge in [0.15, 0.2) is 0 Å². The Kier molecular flexibility index (Phi) is 3.62. The molecule has 3 N–H and O–H groups in total. The lowest BCUT2D eigenvalue weighted by Gasteiger charge is -2.14. The molecule has 2 rings (SSSR count). The topological polar surface area (TPSA) is 76.7 Å². The molecule has 1 aromatic heterocycles. The lowest BCUT2D eigenvalue weighted by Crippen LogP contribution is -2.12. The summed E-state index contributed by atoms with van der Waals surface area (Å²) in [4.78, 5) is 12.1. The largest absolute Gasteiger partial charge is 0.368 e. The van der Waals surface area contributed by atoms with E-state index in [2.05, 4.69) is 20.3 Å². The summed E-state index contributed by atoms with van der Waals surface area (Å²) < 4.78 is 0. The lowest BCUT2D eigenvalue weighted by molar-refractivity contribution is 0.848. The van der Waals surface area contributed by atoms with Gasteiger partial charge in [-0.2, -0.15) is 15.0 Å². The highest BCUT2D eigenvalue weighted by Gasteiger charge is 2.08. The Labute approximate surface area is 110 Å². The van der Waals surface area contributed by atoms with E-state index >= 15 is 0 Å².